The van der Waals surface area contributed by atoms with E-state index in [0.717, 1.165) is 11.4 Å². The minimum Gasteiger partial charge on any atom is -0.332 e. The van der Waals surface area contributed by atoms with Crippen LogP contribution in [0.4, 0.5) is 11.4 Å². The zero-order valence-electron chi connectivity index (χ0n) is 13.5. The van der Waals surface area contributed by atoms with Gasteiger partial charge in [-0.3, -0.25) is 4.79 Å². The topological polar surface area (TPSA) is 51.0 Å². The van der Waals surface area contributed by atoms with Crippen molar-refractivity contribution < 1.29 is 4.79 Å². The maximum Gasteiger partial charge on any atom is 0.268 e. The first-order chi connectivity index (χ1) is 12.3. The fourth-order valence-electron chi connectivity index (χ4n) is 2.80. The van der Waals surface area contributed by atoms with Crippen molar-refractivity contribution in [1.82, 2.24) is 15.0 Å². The van der Waals surface area contributed by atoms with E-state index in [4.69, 9.17) is 0 Å². The number of anilines is 2. The van der Waals surface area contributed by atoms with Crippen LogP contribution < -0.4 is 4.90 Å². The largest absolute Gasteiger partial charge is 0.332 e. The Balaban J connectivity index is 1.70. The predicted molar refractivity (Wildman–Crippen MR) is 98.0 cm³/mol. The molecule has 0 fully saturated rings. The molecule has 3 aromatic carbocycles. The minimum atomic E-state index is -0.138. The normalized spacial score (nSPS) is 10.7. The molecule has 0 aliphatic carbocycles. The summed E-state index contributed by atoms with van der Waals surface area (Å²) >= 11 is 0. The van der Waals surface area contributed by atoms with Crippen molar-refractivity contribution in [2.45, 2.75) is 0 Å². The van der Waals surface area contributed by atoms with Gasteiger partial charge in [0.15, 0.2) is 0 Å². The monoisotopic (exact) mass is 328 g/mol. The van der Waals surface area contributed by atoms with Crippen LogP contribution in [0.15, 0.2) is 84.9 Å². The number of carbonyl (C=O) groups excluding carboxylic acids is 1. The van der Waals surface area contributed by atoms with E-state index >= 15 is 0 Å². The zero-order chi connectivity index (χ0) is 17.1. The van der Waals surface area contributed by atoms with Crippen LogP contribution in [-0.2, 0) is 0 Å². The van der Waals surface area contributed by atoms with Gasteiger partial charge in [0.05, 0.1) is 5.52 Å². The SMILES string of the molecule is O=C(CN(c1ccccc1)c1ccccc1)n1nnc2ccccc21. The number of hydrogen-bond acceptors (Lipinski definition) is 4. The fraction of sp³-hybridized carbons (Fsp3) is 0.0500. The Morgan fingerprint density at radius 2 is 1.36 bits per heavy atom. The van der Waals surface area contributed by atoms with Crippen LogP contribution in [0.5, 0.6) is 0 Å². The second-order valence-corrected chi connectivity index (χ2v) is 5.64. The van der Waals surface area contributed by atoms with Crippen molar-refractivity contribution in [2.24, 2.45) is 0 Å². The molecule has 0 aliphatic rings. The van der Waals surface area contributed by atoms with Gasteiger partial charge in [-0.1, -0.05) is 53.7 Å². The molecule has 1 aromatic heterocycles. The molecule has 0 atom stereocenters. The number of aromatic nitrogens is 3. The van der Waals surface area contributed by atoms with Crippen molar-refractivity contribution in [3.63, 3.8) is 0 Å². The van der Waals surface area contributed by atoms with E-state index < -0.39 is 0 Å². The number of carbonyl (C=O) groups is 1. The first-order valence-corrected chi connectivity index (χ1v) is 8.04. The molecule has 4 aromatic rings. The summed E-state index contributed by atoms with van der Waals surface area (Å²) in [6.45, 7) is 0.168. The van der Waals surface area contributed by atoms with Gasteiger partial charge in [-0.2, -0.15) is 4.68 Å². The molecule has 0 radical (unpaired) electrons. The number of benzene rings is 3. The molecule has 25 heavy (non-hydrogen) atoms. The molecule has 5 heteroatoms. The molecular formula is C20H16N4O. The number of hydrogen-bond donors (Lipinski definition) is 0. The Kier molecular flexibility index (Phi) is 3.96. The average Bonchev–Trinajstić information content (AvgIpc) is 3.11. The second-order valence-electron chi connectivity index (χ2n) is 5.64. The summed E-state index contributed by atoms with van der Waals surface area (Å²) in [5, 5.41) is 8.09. The molecule has 5 nitrogen and oxygen atoms in total. The fourth-order valence-corrected chi connectivity index (χ4v) is 2.80. The molecule has 0 saturated carbocycles. The third kappa shape index (κ3) is 2.99. The maximum absolute atomic E-state index is 12.9. The summed E-state index contributed by atoms with van der Waals surface area (Å²) in [7, 11) is 0. The summed E-state index contributed by atoms with van der Waals surface area (Å²) in [6, 6.07) is 27.1. The van der Waals surface area contributed by atoms with Crippen LogP contribution in [-0.4, -0.2) is 27.4 Å². The molecule has 122 valence electrons. The third-order valence-corrected chi connectivity index (χ3v) is 4.02. The summed E-state index contributed by atoms with van der Waals surface area (Å²) in [6.07, 6.45) is 0. The minimum absolute atomic E-state index is 0.138. The van der Waals surface area contributed by atoms with Crippen molar-refractivity contribution in [2.75, 3.05) is 11.4 Å². The lowest BCUT2D eigenvalue weighted by Crippen LogP contribution is -2.29. The number of nitrogens with zero attached hydrogens (tertiary/aromatic N) is 4. The Bertz CT molecular complexity index is 956. The highest BCUT2D eigenvalue weighted by Crippen LogP contribution is 2.24. The number of para-hydroxylation sites is 3. The van der Waals surface area contributed by atoms with Gasteiger partial charge in [-0.25, -0.2) is 0 Å². The summed E-state index contributed by atoms with van der Waals surface area (Å²) < 4.78 is 1.37. The number of rotatable bonds is 4. The van der Waals surface area contributed by atoms with Gasteiger partial charge >= 0.3 is 0 Å². The van der Waals surface area contributed by atoms with E-state index in [1.807, 2.05) is 89.8 Å². The summed E-state index contributed by atoms with van der Waals surface area (Å²) in [5.41, 5.74) is 3.33. The maximum atomic E-state index is 12.9. The van der Waals surface area contributed by atoms with Crippen LogP contribution in [0.2, 0.25) is 0 Å². The Morgan fingerprint density at radius 1 is 0.800 bits per heavy atom. The standard InChI is InChI=1S/C20H16N4O/c25-20(24-19-14-8-7-13-18(19)21-22-24)15-23(16-9-3-1-4-10-16)17-11-5-2-6-12-17/h1-14H,15H2. The van der Waals surface area contributed by atoms with Crippen molar-refractivity contribution in [3.05, 3.63) is 84.9 Å². The number of fused-ring (bicyclic) bond motifs is 1. The lowest BCUT2D eigenvalue weighted by molar-refractivity contribution is 0.0911. The molecule has 0 N–H and O–H groups in total. The molecule has 0 spiro atoms. The second kappa shape index (κ2) is 6.57. The Labute approximate surface area is 145 Å². The average molecular weight is 328 g/mol. The highest BCUT2D eigenvalue weighted by atomic mass is 16.2. The molecule has 0 aliphatic heterocycles. The highest BCUT2D eigenvalue weighted by molar-refractivity contribution is 5.92. The Morgan fingerprint density at radius 3 is 2.00 bits per heavy atom. The van der Waals surface area contributed by atoms with E-state index in [2.05, 4.69) is 10.3 Å². The molecule has 1 heterocycles. The van der Waals surface area contributed by atoms with Crippen LogP contribution >= 0.6 is 0 Å². The van der Waals surface area contributed by atoms with Gasteiger partial charge < -0.3 is 4.90 Å². The molecule has 0 bridgehead atoms. The van der Waals surface area contributed by atoms with Gasteiger partial charge in [0, 0.05) is 11.4 Å². The van der Waals surface area contributed by atoms with Crippen molar-refractivity contribution in [1.29, 1.82) is 0 Å². The van der Waals surface area contributed by atoms with Gasteiger partial charge in [-0.15, -0.1) is 5.10 Å². The van der Waals surface area contributed by atoms with Gasteiger partial charge in [-0.05, 0) is 36.4 Å². The lowest BCUT2D eigenvalue weighted by Gasteiger charge is -2.24. The van der Waals surface area contributed by atoms with E-state index in [9.17, 15) is 4.79 Å². The lowest BCUT2D eigenvalue weighted by atomic mass is 10.2. The third-order valence-electron chi connectivity index (χ3n) is 4.02. The van der Waals surface area contributed by atoms with Crippen molar-refractivity contribution >= 4 is 28.3 Å². The zero-order valence-corrected chi connectivity index (χ0v) is 13.5. The molecular weight excluding hydrogens is 312 g/mol. The van der Waals surface area contributed by atoms with Crippen LogP contribution in [0, 0.1) is 0 Å². The summed E-state index contributed by atoms with van der Waals surface area (Å²) in [5.74, 6) is -0.138. The van der Waals surface area contributed by atoms with Gasteiger partial charge in [0.25, 0.3) is 5.91 Å². The van der Waals surface area contributed by atoms with E-state index in [-0.39, 0.29) is 12.5 Å². The molecule has 0 unspecified atom stereocenters. The van der Waals surface area contributed by atoms with E-state index in [1.165, 1.54) is 4.68 Å². The predicted octanol–water partition coefficient (Wildman–Crippen LogP) is 3.91. The molecule has 0 saturated heterocycles. The van der Waals surface area contributed by atoms with Crippen LogP contribution in [0.1, 0.15) is 4.79 Å². The quantitative estimate of drug-likeness (QED) is 0.570. The highest BCUT2D eigenvalue weighted by Gasteiger charge is 2.17. The molecule has 4 rings (SSSR count). The van der Waals surface area contributed by atoms with Gasteiger partial charge in [0.1, 0.15) is 12.1 Å². The first-order valence-electron chi connectivity index (χ1n) is 8.04. The summed E-state index contributed by atoms with van der Waals surface area (Å²) in [4.78, 5) is 14.9. The molecule has 0 amide bonds. The van der Waals surface area contributed by atoms with E-state index in [1.54, 1.807) is 0 Å². The Hall–Kier alpha value is -3.47. The van der Waals surface area contributed by atoms with Crippen LogP contribution in [0.3, 0.4) is 0 Å². The first kappa shape index (κ1) is 15.1. The van der Waals surface area contributed by atoms with Gasteiger partial charge in [0.2, 0.25) is 0 Å². The smallest absolute Gasteiger partial charge is 0.268 e. The van der Waals surface area contributed by atoms with Crippen LogP contribution in [0.25, 0.3) is 11.0 Å². The van der Waals surface area contributed by atoms with Crippen molar-refractivity contribution in [3.8, 4) is 0 Å². The van der Waals surface area contributed by atoms with E-state index in [0.29, 0.717) is 11.0 Å².